The van der Waals surface area contributed by atoms with Gasteiger partial charge in [0.1, 0.15) is 17.2 Å². The van der Waals surface area contributed by atoms with Crippen LogP contribution in [0.3, 0.4) is 0 Å². The van der Waals surface area contributed by atoms with Gasteiger partial charge in [-0.2, -0.15) is 0 Å². The number of aryl methyl sites for hydroxylation is 1. The van der Waals surface area contributed by atoms with Crippen molar-refractivity contribution in [3.63, 3.8) is 0 Å². The van der Waals surface area contributed by atoms with Crippen molar-refractivity contribution < 1.29 is 9.13 Å². The Morgan fingerprint density at radius 3 is 2.68 bits per heavy atom. The molecule has 0 aromatic heterocycles. The first-order chi connectivity index (χ1) is 11.9. The lowest BCUT2D eigenvalue weighted by atomic mass is 9.67. The van der Waals surface area contributed by atoms with Crippen LogP contribution in [-0.2, 0) is 6.42 Å². The van der Waals surface area contributed by atoms with E-state index in [-0.39, 0.29) is 17.3 Å². The molecule has 0 N–H and O–H groups in total. The largest absolute Gasteiger partial charge is 0.487 e. The van der Waals surface area contributed by atoms with Gasteiger partial charge >= 0.3 is 0 Å². The normalized spacial score (nSPS) is 24.1. The highest BCUT2D eigenvalue weighted by Crippen LogP contribution is 2.52. The molecule has 2 heteroatoms. The molecule has 3 rings (SSSR count). The van der Waals surface area contributed by atoms with Crippen molar-refractivity contribution in [2.45, 2.75) is 90.6 Å². The van der Waals surface area contributed by atoms with E-state index in [9.17, 15) is 0 Å². The molecule has 0 amide bonds. The van der Waals surface area contributed by atoms with Gasteiger partial charge in [-0.05, 0) is 64.2 Å². The first-order valence-corrected chi connectivity index (χ1v) is 10.1. The Hall–Kier alpha value is -1.31. The van der Waals surface area contributed by atoms with Gasteiger partial charge < -0.3 is 4.74 Å². The minimum absolute atomic E-state index is 0.0544. The summed E-state index contributed by atoms with van der Waals surface area (Å²) in [6, 6.07) is 3.88. The number of hydrogen-bond acceptors (Lipinski definition) is 1. The summed E-state index contributed by atoms with van der Waals surface area (Å²) in [7, 11) is 0. The lowest BCUT2D eigenvalue weighted by Crippen LogP contribution is -2.45. The first-order valence-electron chi connectivity index (χ1n) is 10.1. The molecule has 0 fully saturated rings. The van der Waals surface area contributed by atoms with Crippen LogP contribution in [0.25, 0.3) is 0 Å². The molecular formula is C23H33FO. The van der Waals surface area contributed by atoms with Crippen LogP contribution < -0.4 is 4.74 Å². The highest BCUT2D eigenvalue weighted by atomic mass is 19.1. The van der Waals surface area contributed by atoms with Gasteiger partial charge in [0.15, 0.2) is 0 Å². The SMILES string of the molecule is CCCCCCCc1cc(F)c2c(c1)OC(C)(C)[C@@H]1CC=C(C)C[C@@H]21. The highest BCUT2D eigenvalue weighted by Gasteiger charge is 2.45. The Bertz CT molecular complexity index is 644. The fraction of sp³-hybridized carbons (Fsp3) is 0.652. The fourth-order valence-corrected chi connectivity index (χ4v) is 4.66. The fourth-order valence-electron chi connectivity index (χ4n) is 4.66. The molecule has 2 aliphatic rings. The van der Waals surface area contributed by atoms with Crippen LogP contribution in [0.5, 0.6) is 5.75 Å². The third-order valence-electron chi connectivity index (χ3n) is 6.10. The van der Waals surface area contributed by atoms with E-state index in [1.54, 1.807) is 6.07 Å². The predicted octanol–water partition coefficient (Wildman–Crippen LogP) is 6.95. The summed E-state index contributed by atoms with van der Waals surface area (Å²) in [5.74, 6) is 1.35. The molecule has 2 atom stereocenters. The quantitative estimate of drug-likeness (QED) is 0.401. The summed E-state index contributed by atoms with van der Waals surface area (Å²) >= 11 is 0. The monoisotopic (exact) mass is 344 g/mol. The van der Waals surface area contributed by atoms with E-state index in [1.807, 2.05) is 0 Å². The van der Waals surface area contributed by atoms with E-state index < -0.39 is 0 Å². The molecule has 0 bridgehead atoms. The second-order valence-corrected chi connectivity index (χ2v) is 8.56. The standard InChI is InChI=1S/C23H33FO/c1-5-6-7-8-9-10-17-14-20(24)22-18-13-16(2)11-12-19(18)23(3,4)25-21(22)15-17/h11,14-15,18-19H,5-10,12-13H2,1-4H3/t18-,19-/m1/s1. The van der Waals surface area contributed by atoms with Gasteiger partial charge in [0.05, 0.1) is 0 Å². The Balaban J connectivity index is 1.82. The maximum Gasteiger partial charge on any atom is 0.130 e. The molecule has 0 saturated carbocycles. The van der Waals surface area contributed by atoms with Gasteiger partial charge in [-0.15, -0.1) is 0 Å². The average molecular weight is 345 g/mol. The number of rotatable bonds is 6. The van der Waals surface area contributed by atoms with Gasteiger partial charge in [0.2, 0.25) is 0 Å². The van der Waals surface area contributed by atoms with Crippen molar-refractivity contribution in [1.29, 1.82) is 0 Å². The molecule has 0 radical (unpaired) electrons. The number of ether oxygens (including phenoxy) is 1. The van der Waals surface area contributed by atoms with Gasteiger partial charge in [-0.3, -0.25) is 0 Å². The molecule has 1 aliphatic heterocycles. The molecule has 1 nitrogen and oxygen atoms in total. The van der Waals surface area contributed by atoms with E-state index >= 15 is 4.39 Å². The highest BCUT2D eigenvalue weighted by molar-refractivity contribution is 5.45. The summed E-state index contributed by atoms with van der Waals surface area (Å²) in [5, 5.41) is 0. The van der Waals surface area contributed by atoms with Gasteiger partial charge in [0.25, 0.3) is 0 Å². The van der Waals surface area contributed by atoms with E-state index in [0.29, 0.717) is 5.92 Å². The number of unbranched alkanes of at least 4 members (excludes halogenated alkanes) is 4. The predicted molar refractivity (Wildman–Crippen MR) is 103 cm³/mol. The van der Waals surface area contributed by atoms with E-state index in [1.165, 1.54) is 31.3 Å². The van der Waals surface area contributed by atoms with Gasteiger partial charge in [-0.25, -0.2) is 4.39 Å². The van der Waals surface area contributed by atoms with Crippen LogP contribution >= 0.6 is 0 Å². The van der Waals surface area contributed by atoms with Crippen LogP contribution in [0.15, 0.2) is 23.8 Å². The maximum absolute atomic E-state index is 15.0. The molecule has 1 aliphatic carbocycles. The zero-order valence-corrected chi connectivity index (χ0v) is 16.3. The molecule has 1 aromatic rings. The van der Waals surface area contributed by atoms with Crippen molar-refractivity contribution in [3.05, 3.63) is 40.7 Å². The van der Waals surface area contributed by atoms with Crippen LogP contribution in [-0.4, -0.2) is 5.60 Å². The Morgan fingerprint density at radius 2 is 1.92 bits per heavy atom. The van der Waals surface area contributed by atoms with Crippen molar-refractivity contribution >= 4 is 0 Å². The molecule has 0 unspecified atom stereocenters. The third kappa shape index (κ3) is 3.93. The van der Waals surface area contributed by atoms with Crippen LogP contribution in [0.4, 0.5) is 4.39 Å². The van der Waals surface area contributed by atoms with Crippen LogP contribution in [0, 0.1) is 11.7 Å². The van der Waals surface area contributed by atoms with Crippen molar-refractivity contribution in [3.8, 4) is 5.75 Å². The third-order valence-corrected chi connectivity index (χ3v) is 6.10. The van der Waals surface area contributed by atoms with Crippen LogP contribution in [0.2, 0.25) is 0 Å². The number of benzene rings is 1. The van der Waals surface area contributed by atoms with E-state index in [4.69, 9.17) is 4.74 Å². The zero-order chi connectivity index (χ0) is 18.0. The minimum Gasteiger partial charge on any atom is -0.487 e. The van der Waals surface area contributed by atoms with Crippen LogP contribution in [0.1, 0.15) is 89.7 Å². The molecule has 1 heterocycles. The number of allylic oxidation sites excluding steroid dienone is 2. The van der Waals surface area contributed by atoms with Crippen molar-refractivity contribution in [2.24, 2.45) is 5.92 Å². The molecule has 0 spiro atoms. The summed E-state index contributed by atoms with van der Waals surface area (Å²) in [6.07, 6.45) is 11.4. The second kappa shape index (κ2) is 7.51. The van der Waals surface area contributed by atoms with Gasteiger partial charge in [-0.1, -0.05) is 44.3 Å². The molecule has 1 aromatic carbocycles. The minimum atomic E-state index is -0.235. The molecular weight excluding hydrogens is 311 g/mol. The molecule has 0 saturated heterocycles. The Labute approximate surface area is 152 Å². The lowest BCUT2D eigenvalue weighted by molar-refractivity contribution is 0.00692. The van der Waals surface area contributed by atoms with Crippen molar-refractivity contribution in [1.82, 2.24) is 0 Å². The summed E-state index contributed by atoms with van der Waals surface area (Å²) < 4.78 is 21.3. The topological polar surface area (TPSA) is 9.23 Å². The average Bonchev–Trinajstić information content (AvgIpc) is 2.53. The maximum atomic E-state index is 15.0. The van der Waals surface area contributed by atoms with Gasteiger partial charge in [0, 0.05) is 17.4 Å². The zero-order valence-electron chi connectivity index (χ0n) is 16.3. The summed E-state index contributed by atoms with van der Waals surface area (Å²) in [5.41, 5.74) is 3.06. The van der Waals surface area contributed by atoms with E-state index in [0.717, 1.165) is 42.6 Å². The summed E-state index contributed by atoms with van der Waals surface area (Å²) in [6.45, 7) is 8.73. The molecule has 138 valence electrons. The number of halogens is 1. The van der Waals surface area contributed by atoms with Crippen molar-refractivity contribution in [2.75, 3.05) is 0 Å². The Kier molecular flexibility index (Phi) is 5.55. The number of fused-ring (bicyclic) bond motifs is 3. The summed E-state index contributed by atoms with van der Waals surface area (Å²) in [4.78, 5) is 0. The first kappa shape index (κ1) is 18.5. The van der Waals surface area contributed by atoms with E-state index in [2.05, 4.69) is 39.8 Å². The Morgan fingerprint density at radius 1 is 1.16 bits per heavy atom. The number of hydrogen-bond donors (Lipinski definition) is 0. The smallest absolute Gasteiger partial charge is 0.130 e. The molecule has 25 heavy (non-hydrogen) atoms. The second-order valence-electron chi connectivity index (χ2n) is 8.56. The lowest BCUT2D eigenvalue weighted by Gasteiger charge is -2.47.